The van der Waals surface area contributed by atoms with Crippen LogP contribution in [0.15, 0.2) is 24.5 Å². The number of halogens is 3. The van der Waals surface area contributed by atoms with Crippen LogP contribution in [0.1, 0.15) is 70.8 Å². The van der Waals surface area contributed by atoms with Gasteiger partial charge in [0.2, 0.25) is 0 Å². The lowest BCUT2D eigenvalue weighted by molar-refractivity contribution is 0.183. The molecule has 0 amide bonds. The minimum absolute atomic E-state index is 0.00702. The van der Waals surface area contributed by atoms with Gasteiger partial charge in [0.15, 0.2) is 23.2 Å². The van der Waals surface area contributed by atoms with Gasteiger partial charge in [0.1, 0.15) is 12.8 Å². The van der Waals surface area contributed by atoms with Crippen LogP contribution in [0.2, 0.25) is 0 Å². The molecule has 0 radical (unpaired) electrons. The highest BCUT2D eigenvalue weighted by molar-refractivity contribution is 5.57. The van der Waals surface area contributed by atoms with Gasteiger partial charge in [-0.15, -0.1) is 0 Å². The minimum atomic E-state index is -1.04. The van der Waals surface area contributed by atoms with Gasteiger partial charge < -0.3 is 4.74 Å². The second-order valence-corrected chi connectivity index (χ2v) is 7.36. The molecule has 160 valence electrons. The standard InChI is InChI=1S/C23H31F3N2O/c1-3-5-7-9-11-18(24)16-29-19-14-27-23(28-15-19)20-13-12-17(10-8-6-4-2)21(25)22(20)26/h12-15,18H,3-11,16H2,1-2H3/t18-/m1/s1. The molecule has 1 atom stereocenters. The molecule has 0 fully saturated rings. The van der Waals surface area contributed by atoms with Crippen molar-refractivity contribution in [3.05, 3.63) is 41.7 Å². The average Bonchev–Trinajstić information content (AvgIpc) is 2.73. The van der Waals surface area contributed by atoms with Crippen LogP contribution in [0.5, 0.6) is 5.75 Å². The van der Waals surface area contributed by atoms with Crippen molar-refractivity contribution in [2.45, 2.75) is 77.8 Å². The molecule has 0 spiro atoms. The average molecular weight is 409 g/mol. The number of benzene rings is 1. The lowest BCUT2D eigenvalue weighted by Crippen LogP contribution is -2.13. The Kier molecular flexibility index (Phi) is 9.95. The summed E-state index contributed by atoms with van der Waals surface area (Å²) in [5, 5.41) is 0. The van der Waals surface area contributed by atoms with Crippen molar-refractivity contribution in [3.63, 3.8) is 0 Å². The quantitative estimate of drug-likeness (QED) is 0.340. The molecule has 0 saturated carbocycles. The largest absolute Gasteiger partial charge is 0.487 e. The Morgan fingerprint density at radius 1 is 0.897 bits per heavy atom. The van der Waals surface area contributed by atoms with Crippen molar-refractivity contribution in [1.29, 1.82) is 0 Å². The first-order valence-corrected chi connectivity index (χ1v) is 10.6. The third-order valence-electron chi connectivity index (χ3n) is 4.88. The van der Waals surface area contributed by atoms with Gasteiger partial charge in [-0.2, -0.15) is 0 Å². The molecule has 0 aliphatic carbocycles. The second-order valence-electron chi connectivity index (χ2n) is 7.36. The Morgan fingerprint density at radius 2 is 1.59 bits per heavy atom. The summed E-state index contributed by atoms with van der Waals surface area (Å²) in [7, 11) is 0. The zero-order chi connectivity index (χ0) is 21.1. The Morgan fingerprint density at radius 3 is 2.28 bits per heavy atom. The van der Waals surface area contributed by atoms with Crippen LogP contribution in [0, 0.1) is 11.6 Å². The van der Waals surface area contributed by atoms with E-state index in [0.29, 0.717) is 24.2 Å². The Bertz CT molecular complexity index is 738. The molecule has 6 heteroatoms. The first-order chi connectivity index (χ1) is 14.1. The van der Waals surface area contributed by atoms with Crippen LogP contribution in [-0.4, -0.2) is 22.7 Å². The maximum atomic E-state index is 14.4. The lowest BCUT2D eigenvalue weighted by atomic mass is 10.0. The molecular weight excluding hydrogens is 377 g/mol. The highest BCUT2D eigenvalue weighted by Gasteiger charge is 2.16. The summed E-state index contributed by atoms with van der Waals surface area (Å²) in [5.41, 5.74) is 0.375. The van der Waals surface area contributed by atoms with E-state index in [4.69, 9.17) is 4.74 Å². The first kappa shape index (κ1) is 23.2. The summed E-state index contributed by atoms with van der Waals surface area (Å²) < 4.78 is 48.0. The Balaban J connectivity index is 1.93. The van der Waals surface area contributed by atoms with E-state index in [1.165, 1.54) is 18.5 Å². The van der Waals surface area contributed by atoms with Crippen LogP contribution in [0.3, 0.4) is 0 Å². The summed E-state index contributed by atoms with van der Waals surface area (Å²) in [5.74, 6) is -1.40. The normalized spacial score (nSPS) is 12.2. The second kappa shape index (κ2) is 12.5. The van der Waals surface area contributed by atoms with Crippen molar-refractivity contribution in [2.24, 2.45) is 0 Å². The molecule has 0 aliphatic rings. The van der Waals surface area contributed by atoms with Gasteiger partial charge in [0.05, 0.1) is 18.0 Å². The molecule has 3 nitrogen and oxygen atoms in total. The number of ether oxygens (including phenoxy) is 1. The van der Waals surface area contributed by atoms with Crippen LogP contribution in [0.25, 0.3) is 11.4 Å². The third kappa shape index (κ3) is 7.33. The number of unbranched alkanes of at least 4 members (excludes halogenated alkanes) is 5. The third-order valence-corrected chi connectivity index (χ3v) is 4.88. The maximum absolute atomic E-state index is 14.4. The first-order valence-electron chi connectivity index (χ1n) is 10.6. The van der Waals surface area contributed by atoms with E-state index in [9.17, 15) is 13.2 Å². The van der Waals surface area contributed by atoms with E-state index in [2.05, 4.69) is 23.8 Å². The smallest absolute Gasteiger partial charge is 0.170 e. The number of hydrogen-bond acceptors (Lipinski definition) is 3. The lowest BCUT2D eigenvalue weighted by Gasteiger charge is -2.11. The molecule has 0 unspecified atom stereocenters. The predicted molar refractivity (Wildman–Crippen MR) is 110 cm³/mol. The Labute approximate surface area is 171 Å². The summed E-state index contributed by atoms with van der Waals surface area (Å²) >= 11 is 0. The summed E-state index contributed by atoms with van der Waals surface area (Å²) in [6.45, 7) is 4.11. The number of alkyl halides is 1. The summed E-state index contributed by atoms with van der Waals surface area (Å²) in [4.78, 5) is 8.11. The fourth-order valence-corrected chi connectivity index (χ4v) is 3.11. The number of nitrogens with zero attached hydrogens (tertiary/aromatic N) is 2. The van der Waals surface area contributed by atoms with Gasteiger partial charge in [-0.1, -0.05) is 58.4 Å². The molecular formula is C23H31F3N2O. The monoisotopic (exact) mass is 408 g/mol. The summed E-state index contributed by atoms with van der Waals surface area (Å²) in [6.07, 6.45) is 9.56. The van der Waals surface area contributed by atoms with E-state index >= 15 is 0 Å². The minimum Gasteiger partial charge on any atom is -0.487 e. The van der Waals surface area contributed by atoms with E-state index in [-0.39, 0.29) is 18.0 Å². The number of aryl methyl sites for hydroxylation is 1. The van der Waals surface area contributed by atoms with Gasteiger partial charge >= 0.3 is 0 Å². The fourth-order valence-electron chi connectivity index (χ4n) is 3.11. The molecule has 1 aromatic carbocycles. The van der Waals surface area contributed by atoms with Gasteiger partial charge in [-0.3, -0.25) is 0 Å². The molecule has 2 aromatic rings. The molecule has 1 heterocycles. The highest BCUT2D eigenvalue weighted by Crippen LogP contribution is 2.25. The SMILES string of the molecule is CCCCCC[C@@H](F)COc1cnc(-c2ccc(CCCCC)c(F)c2F)nc1. The van der Waals surface area contributed by atoms with Crippen LogP contribution in [0.4, 0.5) is 13.2 Å². The zero-order valence-corrected chi connectivity index (χ0v) is 17.4. The molecule has 2 rings (SSSR count). The van der Waals surface area contributed by atoms with E-state index in [1.807, 2.05) is 0 Å². The van der Waals surface area contributed by atoms with E-state index in [1.54, 1.807) is 6.07 Å². The molecule has 0 N–H and O–H groups in total. The van der Waals surface area contributed by atoms with Gasteiger partial charge in [-0.25, -0.2) is 23.1 Å². The van der Waals surface area contributed by atoms with Crippen molar-refractivity contribution in [2.75, 3.05) is 6.61 Å². The van der Waals surface area contributed by atoms with Crippen LogP contribution < -0.4 is 4.74 Å². The van der Waals surface area contributed by atoms with Crippen molar-refractivity contribution in [3.8, 4) is 17.1 Å². The van der Waals surface area contributed by atoms with Crippen molar-refractivity contribution < 1.29 is 17.9 Å². The van der Waals surface area contributed by atoms with Crippen molar-refractivity contribution >= 4 is 0 Å². The topological polar surface area (TPSA) is 35.0 Å². The maximum Gasteiger partial charge on any atom is 0.170 e. The summed E-state index contributed by atoms with van der Waals surface area (Å²) in [6, 6.07) is 3.09. The highest BCUT2D eigenvalue weighted by atomic mass is 19.2. The molecule has 0 aliphatic heterocycles. The molecule has 1 aromatic heterocycles. The molecule has 0 saturated heterocycles. The van der Waals surface area contributed by atoms with Gasteiger partial charge in [0, 0.05) is 0 Å². The zero-order valence-electron chi connectivity index (χ0n) is 17.4. The Hall–Kier alpha value is -2.11. The number of aromatic nitrogens is 2. The van der Waals surface area contributed by atoms with E-state index in [0.717, 1.165) is 44.9 Å². The van der Waals surface area contributed by atoms with Crippen LogP contribution in [-0.2, 0) is 6.42 Å². The van der Waals surface area contributed by atoms with Crippen molar-refractivity contribution in [1.82, 2.24) is 9.97 Å². The van der Waals surface area contributed by atoms with Crippen LogP contribution >= 0.6 is 0 Å². The van der Waals surface area contributed by atoms with Gasteiger partial charge in [0.25, 0.3) is 0 Å². The number of rotatable bonds is 13. The molecule has 29 heavy (non-hydrogen) atoms. The molecule has 0 bridgehead atoms. The predicted octanol–water partition coefficient (Wildman–Crippen LogP) is 6.84. The van der Waals surface area contributed by atoms with E-state index < -0.39 is 17.8 Å². The van der Waals surface area contributed by atoms with Gasteiger partial charge in [-0.05, 0) is 30.9 Å². The number of hydrogen-bond donors (Lipinski definition) is 0. The fraction of sp³-hybridized carbons (Fsp3) is 0.565.